The van der Waals surface area contributed by atoms with Crippen LogP contribution in [0, 0.1) is 12.3 Å². The molecule has 2 bridgehead atoms. The number of rotatable bonds is 2. The Labute approximate surface area is 191 Å². The molecule has 2 heterocycles. The number of aliphatic hydroxyl groups excluding tert-OH is 1. The first-order valence-corrected chi connectivity index (χ1v) is 11.9. The molecule has 0 fully saturated rings. The predicted molar refractivity (Wildman–Crippen MR) is 124 cm³/mol. The van der Waals surface area contributed by atoms with Crippen molar-refractivity contribution in [1.29, 1.82) is 0 Å². The topological polar surface area (TPSA) is 76.0 Å². The molecule has 4 rings (SSSR count). The number of aryl methyl sites for hydroxylation is 2. The van der Waals surface area contributed by atoms with Gasteiger partial charge < -0.3 is 19.7 Å². The van der Waals surface area contributed by atoms with Crippen molar-refractivity contribution in [2.24, 2.45) is 5.41 Å². The third-order valence-electron chi connectivity index (χ3n) is 7.77. The van der Waals surface area contributed by atoms with E-state index in [4.69, 9.17) is 9.47 Å². The average molecular weight is 443 g/mol. The number of benzene rings is 1. The smallest absolute Gasteiger partial charge is 0.159 e. The van der Waals surface area contributed by atoms with E-state index in [1.54, 1.807) is 12.1 Å². The van der Waals surface area contributed by atoms with Gasteiger partial charge in [-0.3, -0.25) is 4.79 Å². The first kappa shape index (κ1) is 23.3. The second-order valence-electron chi connectivity index (χ2n) is 11.6. The minimum atomic E-state index is -0.741. The molecule has 5 heteroatoms. The Bertz CT molecular complexity index is 957. The summed E-state index contributed by atoms with van der Waals surface area (Å²) in [4.78, 5) is 13.3. The first-order valence-electron chi connectivity index (χ1n) is 11.9. The Kier molecular flexibility index (Phi) is 5.74. The fourth-order valence-electron chi connectivity index (χ4n) is 5.67. The van der Waals surface area contributed by atoms with E-state index in [-0.39, 0.29) is 23.1 Å². The lowest BCUT2D eigenvalue weighted by molar-refractivity contribution is -0.150. The number of aromatic hydroxyl groups is 1. The molecule has 1 aromatic rings. The van der Waals surface area contributed by atoms with Crippen LogP contribution in [-0.2, 0) is 16.0 Å². The molecule has 0 radical (unpaired) electrons. The summed E-state index contributed by atoms with van der Waals surface area (Å²) in [6.07, 6.45) is 3.76. The van der Waals surface area contributed by atoms with Crippen molar-refractivity contribution in [2.45, 2.75) is 110 Å². The largest absolute Gasteiger partial charge is 0.508 e. The highest BCUT2D eigenvalue weighted by Gasteiger charge is 2.48. The zero-order chi connectivity index (χ0) is 23.5. The number of carbonyl (C=O) groups excluding carboxylic acids is 1. The lowest BCUT2D eigenvalue weighted by Gasteiger charge is -2.44. The van der Waals surface area contributed by atoms with E-state index in [1.807, 2.05) is 20.8 Å². The van der Waals surface area contributed by atoms with Crippen LogP contribution in [0.1, 0.15) is 84.3 Å². The average Bonchev–Trinajstić information content (AvgIpc) is 2.78. The number of phenols is 1. The highest BCUT2D eigenvalue weighted by atomic mass is 16.5. The minimum Gasteiger partial charge on any atom is -0.508 e. The van der Waals surface area contributed by atoms with E-state index in [0.717, 1.165) is 53.7 Å². The summed E-state index contributed by atoms with van der Waals surface area (Å²) < 4.78 is 13.2. The molecule has 0 spiro atoms. The first-order chi connectivity index (χ1) is 14.8. The van der Waals surface area contributed by atoms with Gasteiger partial charge in [-0.1, -0.05) is 13.8 Å². The molecule has 0 amide bonds. The second-order valence-corrected chi connectivity index (χ2v) is 11.6. The van der Waals surface area contributed by atoms with Gasteiger partial charge >= 0.3 is 0 Å². The molecule has 1 aliphatic carbocycles. The highest BCUT2D eigenvalue weighted by molar-refractivity contribution is 5.96. The summed E-state index contributed by atoms with van der Waals surface area (Å²) in [6, 6.07) is 3.52. The van der Waals surface area contributed by atoms with Crippen molar-refractivity contribution in [3.63, 3.8) is 0 Å². The van der Waals surface area contributed by atoms with Crippen LogP contribution in [0.25, 0.3) is 0 Å². The molecule has 32 heavy (non-hydrogen) atoms. The molecule has 176 valence electrons. The Morgan fingerprint density at radius 3 is 2.53 bits per heavy atom. The molecule has 3 atom stereocenters. The number of carbonyl (C=O) groups is 1. The fourth-order valence-corrected chi connectivity index (χ4v) is 5.67. The Morgan fingerprint density at radius 2 is 1.81 bits per heavy atom. The quantitative estimate of drug-likeness (QED) is 0.660. The van der Waals surface area contributed by atoms with Crippen LogP contribution in [0.15, 0.2) is 23.3 Å². The lowest BCUT2D eigenvalue weighted by atomic mass is 9.71. The van der Waals surface area contributed by atoms with Gasteiger partial charge in [0.15, 0.2) is 5.78 Å². The zero-order valence-corrected chi connectivity index (χ0v) is 20.4. The Balaban J connectivity index is 1.77. The number of hydrogen-bond acceptors (Lipinski definition) is 5. The lowest BCUT2D eigenvalue weighted by Crippen LogP contribution is -2.46. The third kappa shape index (κ3) is 4.22. The van der Waals surface area contributed by atoms with E-state index in [9.17, 15) is 15.0 Å². The fraction of sp³-hybridized carbons (Fsp3) is 0.667. The van der Waals surface area contributed by atoms with E-state index < -0.39 is 17.3 Å². The number of ketones is 1. The maximum Gasteiger partial charge on any atom is 0.159 e. The minimum absolute atomic E-state index is 0.141. The monoisotopic (exact) mass is 442 g/mol. The van der Waals surface area contributed by atoms with Gasteiger partial charge in [-0.15, -0.1) is 0 Å². The molecule has 0 saturated heterocycles. The SMILES string of the molecule is Cc1cc(O)cc2c1O[C@](C)(CC1=C3C[C@@H](O)C(C)(C)O[C@H]1C(C)(C)CCCC3=O)CC2. The van der Waals surface area contributed by atoms with Crippen LogP contribution in [0.2, 0.25) is 0 Å². The van der Waals surface area contributed by atoms with Crippen molar-refractivity contribution in [1.82, 2.24) is 0 Å². The van der Waals surface area contributed by atoms with Gasteiger partial charge in [-0.05, 0) is 93.2 Å². The van der Waals surface area contributed by atoms with Crippen LogP contribution in [0.3, 0.4) is 0 Å². The normalized spacial score (nSPS) is 31.8. The second kappa shape index (κ2) is 7.88. The van der Waals surface area contributed by atoms with Gasteiger partial charge in [-0.2, -0.15) is 0 Å². The van der Waals surface area contributed by atoms with Crippen molar-refractivity contribution in [3.05, 3.63) is 34.4 Å². The number of fused-ring (bicyclic) bond motifs is 2. The molecule has 5 nitrogen and oxygen atoms in total. The summed E-state index contributed by atoms with van der Waals surface area (Å²) >= 11 is 0. The third-order valence-corrected chi connectivity index (χ3v) is 7.77. The highest BCUT2D eigenvalue weighted by Crippen LogP contribution is 2.48. The maximum atomic E-state index is 13.3. The van der Waals surface area contributed by atoms with E-state index in [1.165, 1.54) is 0 Å². The van der Waals surface area contributed by atoms with Gasteiger partial charge in [0.05, 0.1) is 17.8 Å². The van der Waals surface area contributed by atoms with Gasteiger partial charge in [-0.25, -0.2) is 0 Å². The maximum absolute atomic E-state index is 13.3. The Hall–Kier alpha value is -1.85. The number of Topliss-reactive ketones (excluding diaryl/α,β-unsaturated/α-hetero) is 1. The van der Waals surface area contributed by atoms with E-state index >= 15 is 0 Å². The van der Waals surface area contributed by atoms with Crippen LogP contribution in [0.5, 0.6) is 11.5 Å². The predicted octanol–water partition coefficient (Wildman–Crippen LogP) is 5.18. The van der Waals surface area contributed by atoms with Crippen LogP contribution in [0.4, 0.5) is 0 Å². The van der Waals surface area contributed by atoms with Crippen LogP contribution in [-0.4, -0.2) is 39.4 Å². The zero-order valence-electron chi connectivity index (χ0n) is 20.4. The number of ether oxygens (including phenoxy) is 2. The van der Waals surface area contributed by atoms with E-state index in [2.05, 4.69) is 20.8 Å². The summed E-state index contributed by atoms with van der Waals surface area (Å²) in [6.45, 7) is 12.3. The number of hydrogen-bond donors (Lipinski definition) is 2. The van der Waals surface area contributed by atoms with Crippen molar-refractivity contribution < 1.29 is 24.5 Å². The van der Waals surface area contributed by atoms with Crippen molar-refractivity contribution >= 4 is 5.78 Å². The van der Waals surface area contributed by atoms with Gasteiger partial charge in [0.25, 0.3) is 0 Å². The Morgan fingerprint density at radius 1 is 1.09 bits per heavy atom. The molecule has 0 saturated carbocycles. The number of aliphatic hydroxyl groups is 1. The molecule has 0 unspecified atom stereocenters. The molecular formula is C27H38O5. The molecule has 1 aromatic carbocycles. The summed E-state index contributed by atoms with van der Waals surface area (Å²) in [5, 5.41) is 20.9. The molecule has 2 N–H and O–H groups in total. The molecule has 2 aliphatic heterocycles. The molecule has 0 aromatic heterocycles. The summed E-state index contributed by atoms with van der Waals surface area (Å²) in [5.41, 5.74) is 2.30. The van der Waals surface area contributed by atoms with Crippen LogP contribution >= 0.6 is 0 Å². The summed E-state index contributed by atoms with van der Waals surface area (Å²) in [7, 11) is 0. The van der Waals surface area contributed by atoms with Crippen molar-refractivity contribution in [3.8, 4) is 11.5 Å². The number of phenolic OH excluding ortho intramolecular Hbond substituents is 1. The van der Waals surface area contributed by atoms with E-state index in [0.29, 0.717) is 19.3 Å². The van der Waals surface area contributed by atoms with Crippen LogP contribution < -0.4 is 4.74 Å². The standard InChI is InChI=1S/C27H38O5/c1-16-12-18(28)13-17-9-11-27(6,31-23(16)17)15-20-19-14-22(30)26(4,5)32-24(20)25(2,3)10-7-8-21(19)29/h12-13,22,24,28,30H,7-11,14-15H2,1-6H3/t22-,24-,27+/m1/s1. The molecule has 3 aliphatic rings. The summed E-state index contributed by atoms with van der Waals surface area (Å²) in [5.74, 6) is 1.24. The van der Waals surface area contributed by atoms with Gasteiger partial charge in [0.2, 0.25) is 0 Å². The molecular weight excluding hydrogens is 404 g/mol. The van der Waals surface area contributed by atoms with Gasteiger partial charge in [0.1, 0.15) is 17.1 Å². The van der Waals surface area contributed by atoms with Gasteiger partial charge in [0, 0.05) is 19.3 Å². The van der Waals surface area contributed by atoms with Crippen molar-refractivity contribution in [2.75, 3.05) is 0 Å².